The Kier molecular flexibility index (Phi) is 5.13. The molecule has 26 heavy (non-hydrogen) atoms. The van der Waals surface area contributed by atoms with Crippen molar-refractivity contribution in [2.45, 2.75) is 6.92 Å². The van der Waals surface area contributed by atoms with Gasteiger partial charge in [0, 0.05) is 11.8 Å². The molecule has 1 N–H and O–H groups in total. The zero-order valence-corrected chi connectivity index (χ0v) is 15.0. The molecule has 0 unspecified atom stereocenters. The van der Waals surface area contributed by atoms with Crippen LogP contribution in [0.15, 0.2) is 45.7 Å². The van der Waals surface area contributed by atoms with Gasteiger partial charge in [-0.25, -0.2) is 0 Å². The standard InChI is InChI=1S/C18H16N2O5S/c1-11-3-6-14(25-11)9-15-17(22)20(18(23)26-15)10-16(21)19-12-4-7-13(24-2)8-5-12/h3-9H,10H2,1-2H3,(H,19,21)/b15-9+. The zero-order chi connectivity index (χ0) is 18.7. The molecule has 8 heteroatoms. The van der Waals surface area contributed by atoms with Crippen molar-refractivity contribution in [3.05, 3.63) is 52.8 Å². The SMILES string of the molecule is COc1ccc(NC(=O)CN2C(=O)S/C(=C/c3ccc(C)o3)C2=O)cc1. The number of anilines is 1. The van der Waals surface area contributed by atoms with Crippen molar-refractivity contribution < 1.29 is 23.5 Å². The molecule has 3 amide bonds. The Morgan fingerprint density at radius 2 is 1.96 bits per heavy atom. The number of rotatable bonds is 5. The van der Waals surface area contributed by atoms with Crippen LogP contribution in [0.4, 0.5) is 10.5 Å². The summed E-state index contributed by atoms with van der Waals surface area (Å²) in [7, 11) is 1.55. The lowest BCUT2D eigenvalue weighted by molar-refractivity contribution is -0.127. The predicted molar refractivity (Wildman–Crippen MR) is 97.7 cm³/mol. The zero-order valence-electron chi connectivity index (χ0n) is 14.1. The van der Waals surface area contributed by atoms with Gasteiger partial charge in [0.05, 0.1) is 12.0 Å². The largest absolute Gasteiger partial charge is 0.497 e. The molecular formula is C18H16N2O5S. The van der Waals surface area contributed by atoms with E-state index in [2.05, 4.69) is 5.32 Å². The van der Waals surface area contributed by atoms with Gasteiger partial charge in [-0.15, -0.1) is 0 Å². The van der Waals surface area contributed by atoms with Gasteiger partial charge in [0.25, 0.3) is 11.1 Å². The first-order valence-electron chi connectivity index (χ1n) is 7.72. The minimum Gasteiger partial charge on any atom is -0.497 e. The summed E-state index contributed by atoms with van der Waals surface area (Å²) in [4.78, 5) is 37.7. The van der Waals surface area contributed by atoms with Crippen LogP contribution in [0.25, 0.3) is 6.08 Å². The molecule has 7 nitrogen and oxygen atoms in total. The molecule has 3 rings (SSSR count). The first-order valence-corrected chi connectivity index (χ1v) is 8.53. The number of furan rings is 1. The van der Waals surface area contributed by atoms with Gasteiger partial charge in [0.15, 0.2) is 0 Å². The van der Waals surface area contributed by atoms with Crippen molar-refractivity contribution in [3.8, 4) is 5.75 Å². The van der Waals surface area contributed by atoms with Gasteiger partial charge >= 0.3 is 0 Å². The van der Waals surface area contributed by atoms with Crippen molar-refractivity contribution in [2.75, 3.05) is 19.0 Å². The summed E-state index contributed by atoms with van der Waals surface area (Å²) in [6, 6.07) is 10.2. The van der Waals surface area contributed by atoms with E-state index in [0.717, 1.165) is 16.7 Å². The maximum Gasteiger partial charge on any atom is 0.294 e. The smallest absolute Gasteiger partial charge is 0.294 e. The fourth-order valence-corrected chi connectivity index (χ4v) is 3.13. The molecule has 2 heterocycles. The summed E-state index contributed by atoms with van der Waals surface area (Å²) in [6.45, 7) is 1.43. The number of carbonyl (C=O) groups is 3. The van der Waals surface area contributed by atoms with Crippen molar-refractivity contribution in [1.29, 1.82) is 0 Å². The van der Waals surface area contributed by atoms with Crippen LogP contribution < -0.4 is 10.1 Å². The van der Waals surface area contributed by atoms with E-state index in [9.17, 15) is 14.4 Å². The van der Waals surface area contributed by atoms with E-state index >= 15 is 0 Å². The second-order valence-corrected chi connectivity index (χ2v) is 6.49. The third kappa shape index (κ3) is 3.97. The maximum atomic E-state index is 12.4. The molecule has 0 atom stereocenters. The molecule has 1 aromatic heterocycles. The molecule has 2 aromatic rings. The van der Waals surface area contributed by atoms with Gasteiger partial charge in [-0.2, -0.15) is 0 Å². The molecule has 1 aliphatic heterocycles. The first kappa shape index (κ1) is 17.8. The minimum absolute atomic E-state index is 0.224. The third-order valence-electron chi connectivity index (χ3n) is 3.58. The van der Waals surface area contributed by atoms with E-state index in [1.807, 2.05) is 0 Å². The topological polar surface area (TPSA) is 88.8 Å². The molecule has 134 valence electrons. The number of nitrogens with one attached hydrogen (secondary N) is 1. The van der Waals surface area contributed by atoms with Crippen LogP contribution in [-0.2, 0) is 9.59 Å². The van der Waals surface area contributed by atoms with Crippen LogP contribution in [0, 0.1) is 6.92 Å². The molecule has 1 aromatic carbocycles. The van der Waals surface area contributed by atoms with Gasteiger partial charge in [0.2, 0.25) is 5.91 Å². The van der Waals surface area contributed by atoms with Gasteiger partial charge in [-0.1, -0.05) is 0 Å². The van der Waals surface area contributed by atoms with E-state index in [0.29, 0.717) is 23.0 Å². The molecule has 0 aliphatic carbocycles. The molecule has 1 fully saturated rings. The molecular weight excluding hydrogens is 356 g/mol. The number of thioether (sulfide) groups is 1. The summed E-state index contributed by atoms with van der Waals surface area (Å²) < 4.78 is 10.4. The van der Waals surface area contributed by atoms with Crippen molar-refractivity contribution in [1.82, 2.24) is 4.90 Å². The fraction of sp³-hybridized carbons (Fsp3) is 0.167. The highest BCUT2D eigenvalue weighted by molar-refractivity contribution is 8.18. The van der Waals surface area contributed by atoms with Gasteiger partial charge < -0.3 is 14.5 Å². The van der Waals surface area contributed by atoms with Crippen LogP contribution in [-0.4, -0.2) is 35.6 Å². The van der Waals surface area contributed by atoms with Crippen LogP contribution >= 0.6 is 11.8 Å². The number of ether oxygens (including phenoxy) is 1. The average molecular weight is 372 g/mol. The van der Waals surface area contributed by atoms with Crippen molar-refractivity contribution in [3.63, 3.8) is 0 Å². The van der Waals surface area contributed by atoms with E-state index < -0.39 is 17.1 Å². The molecule has 1 aliphatic rings. The van der Waals surface area contributed by atoms with Gasteiger partial charge in [-0.05, 0) is 55.1 Å². The third-order valence-corrected chi connectivity index (χ3v) is 4.49. The lowest BCUT2D eigenvalue weighted by atomic mass is 10.3. The Balaban J connectivity index is 1.65. The number of amides is 3. The van der Waals surface area contributed by atoms with Crippen LogP contribution in [0.3, 0.4) is 0 Å². The van der Waals surface area contributed by atoms with Crippen LogP contribution in [0.5, 0.6) is 5.75 Å². The number of aryl methyl sites for hydroxylation is 1. The quantitative estimate of drug-likeness (QED) is 0.811. The number of methoxy groups -OCH3 is 1. The van der Waals surface area contributed by atoms with Gasteiger partial charge in [0.1, 0.15) is 23.8 Å². The lowest BCUT2D eigenvalue weighted by Gasteiger charge is -2.12. The maximum absolute atomic E-state index is 12.4. The number of carbonyl (C=O) groups excluding carboxylic acids is 3. The summed E-state index contributed by atoms with van der Waals surface area (Å²) in [5, 5.41) is 2.15. The number of nitrogens with zero attached hydrogens (tertiary/aromatic N) is 1. The molecule has 0 radical (unpaired) electrons. The highest BCUT2D eigenvalue weighted by Gasteiger charge is 2.36. The Labute approximate surface area is 154 Å². The Morgan fingerprint density at radius 1 is 1.23 bits per heavy atom. The fourth-order valence-electron chi connectivity index (χ4n) is 2.31. The number of hydrogen-bond donors (Lipinski definition) is 1. The van der Waals surface area contributed by atoms with Crippen LogP contribution in [0.1, 0.15) is 11.5 Å². The monoisotopic (exact) mass is 372 g/mol. The highest BCUT2D eigenvalue weighted by Crippen LogP contribution is 2.32. The number of imide groups is 1. The Morgan fingerprint density at radius 3 is 2.58 bits per heavy atom. The van der Waals surface area contributed by atoms with Crippen molar-refractivity contribution in [2.24, 2.45) is 0 Å². The van der Waals surface area contributed by atoms with E-state index in [4.69, 9.17) is 9.15 Å². The Hall–Kier alpha value is -3.00. The second kappa shape index (κ2) is 7.49. The van der Waals surface area contributed by atoms with E-state index in [1.54, 1.807) is 50.4 Å². The molecule has 0 spiro atoms. The van der Waals surface area contributed by atoms with Gasteiger partial charge in [-0.3, -0.25) is 19.3 Å². The number of benzene rings is 1. The summed E-state index contributed by atoms with van der Waals surface area (Å²) in [5.41, 5.74) is 0.546. The predicted octanol–water partition coefficient (Wildman–Crippen LogP) is 3.27. The van der Waals surface area contributed by atoms with Crippen molar-refractivity contribution >= 4 is 40.6 Å². The molecule has 0 saturated carbocycles. The van der Waals surface area contributed by atoms with E-state index in [-0.39, 0.29) is 11.4 Å². The molecule has 0 bridgehead atoms. The van der Waals surface area contributed by atoms with Crippen LogP contribution in [0.2, 0.25) is 0 Å². The highest BCUT2D eigenvalue weighted by atomic mass is 32.2. The molecule has 1 saturated heterocycles. The lowest BCUT2D eigenvalue weighted by Crippen LogP contribution is -2.36. The summed E-state index contributed by atoms with van der Waals surface area (Å²) >= 11 is 0.781. The minimum atomic E-state index is -0.515. The van der Waals surface area contributed by atoms with E-state index in [1.165, 1.54) is 6.08 Å². The second-order valence-electron chi connectivity index (χ2n) is 5.49. The average Bonchev–Trinajstić information content (AvgIpc) is 3.14. The number of hydrogen-bond acceptors (Lipinski definition) is 6. The summed E-state index contributed by atoms with van der Waals surface area (Å²) in [6.07, 6.45) is 1.50. The Bertz CT molecular complexity index is 885. The normalized spacial score (nSPS) is 15.6. The summed E-state index contributed by atoms with van der Waals surface area (Å²) in [5.74, 6) is 0.865. The first-order chi connectivity index (χ1) is 12.5.